The number of rotatable bonds is 4. The van der Waals surface area contributed by atoms with Gasteiger partial charge in [0.25, 0.3) is 5.91 Å². The van der Waals surface area contributed by atoms with Crippen molar-refractivity contribution in [3.8, 4) is 21.7 Å². The van der Waals surface area contributed by atoms with Crippen molar-refractivity contribution in [1.82, 2.24) is 15.4 Å². The molecule has 1 aromatic heterocycles. The van der Waals surface area contributed by atoms with Gasteiger partial charge < -0.3 is 4.74 Å². The number of carbonyl (C=O) groups excluding carboxylic acids is 1. The van der Waals surface area contributed by atoms with Crippen LogP contribution in [0.15, 0.2) is 42.5 Å². The molecule has 2 heterocycles. The van der Waals surface area contributed by atoms with Crippen molar-refractivity contribution in [3.05, 3.63) is 62.5 Å². The Hall–Kier alpha value is -1.67. The van der Waals surface area contributed by atoms with Crippen LogP contribution in [0.4, 0.5) is 0 Å². The van der Waals surface area contributed by atoms with Crippen LogP contribution < -0.4 is 5.43 Å². The highest BCUT2D eigenvalue weighted by Gasteiger charge is 2.22. The minimum atomic E-state index is -0.261. The van der Waals surface area contributed by atoms with Gasteiger partial charge in [-0.25, -0.2) is 9.99 Å². The molecule has 0 bridgehead atoms. The Kier molecular flexibility index (Phi) is 6.39. The molecule has 1 N–H and O–H groups in total. The van der Waals surface area contributed by atoms with Gasteiger partial charge in [-0.15, -0.1) is 11.3 Å². The van der Waals surface area contributed by atoms with E-state index < -0.39 is 0 Å². The maximum Gasteiger partial charge on any atom is 0.294 e. The SMILES string of the molecule is O=C(NN1CCOCC1)c1nc(-c2ccc(Cl)cc2Cl)c(-c2ccc(Cl)cc2)s1. The number of hydrogen-bond acceptors (Lipinski definition) is 5. The monoisotopic (exact) mass is 467 g/mol. The van der Waals surface area contributed by atoms with E-state index in [4.69, 9.17) is 39.5 Å². The van der Waals surface area contributed by atoms with E-state index in [0.717, 1.165) is 10.4 Å². The Balaban J connectivity index is 1.73. The van der Waals surface area contributed by atoms with Crippen molar-refractivity contribution in [1.29, 1.82) is 0 Å². The molecular weight excluding hydrogens is 453 g/mol. The Morgan fingerprint density at radius 1 is 1.03 bits per heavy atom. The van der Waals surface area contributed by atoms with E-state index in [1.165, 1.54) is 11.3 Å². The highest BCUT2D eigenvalue weighted by atomic mass is 35.5. The van der Waals surface area contributed by atoms with Gasteiger partial charge >= 0.3 is 0 Å². The average Bonchev–Trinajstić information content (AvgIpc) is 3.14. The molecule has 0 aliphatic carbocycles. The van der Waals surface area contributed by atoms with Crippen LogP contribution in [0.3, 0.4) is 0 Å². The summed E-state index contributed by atoms with van der Waals surface area (Å²) in [6.45, 7) is 2.44. The molecule has 1 fully saturated rings. The normalized spacial score (nSPS) is 14.7. The number of carbonyl (C=O) groups is 1. The van der Waals surface area contributed by atoms with E-state index in [0.29, 0.717) is 57.6 Å². The highest BCUT2D eigenvalue weighted by molar-refractivity contribution is 7.17. The molecule has 0 spiro atoms. The molecule has 1 aliphatic heterocycles. The second kappa shape index (κ2) is 9.00. The Labute approximate surface area is 187 Å². The van der Waals surface area contributed by atoms with Crippen LogP contribution in [0.5, 0.6) is 0 Å². The smallest absolute Gasteiger partial charge is 0.294 e. The van der Waals surface area contributed by atoms with Crippen molar-refractivity contribution in [2.45, 2.75) is 0 Å². The maximum absolute atomic E-state index is 12.8. The lowest BCUT2D eigenvalue weighted by Crippen LogP contribution is -2.48. The number of thiazole rings is 1. The molecule has 5 nitrogen and oxygen atoms in total. The first-order valence-corrected chi connectivity index (χ1v) is 10.8. The summed E-state index contributed by atoms with van der Waals surface area (Å²) in [6.07, 6.45) is 0. The van der Waals surface area contributed by atoms with Crippen LogP contribution in [0, 0.1) is 0 Å². The number of morpholine rings is 1. The third-order valence-corrected chi connectivity index (χ3v) is 6.29. The quantitative estimate of drug-likeness (QED) is 0.556. The summed E-state index contributed by atoms with van der Waals surface area (Å²) in [6, 6.07) is 12.6. The number of nitrogens with one attached hydrogen (secondary N) is 1. The van der Waals surface area contributed by atoms with Crippen LogP contribution in [0.25, 0.3) is 21.7 Å². The van der Waals surface area contributed by atoms with Crippen LogP contribution in [-0.2, 0) is 4.74 Å². The zero-order valence-electron chi connectivity index (χ0n) is 15.1. The second-order valence-electron chi connectivity index (χ2n) is 6.37. The molecule has 3 aromatic rings. The summed E-state index contributed by atoms with van der Waals surface area (Å²) >= 11 is 19.8. The number of hydrogen-bond donors (Lipinski definition) is 1. The van der Waals surface area contributed by atoms with E-state index in [9.17, 15) is 4.79 Å². The van der Waals surface area contributed by atoms with Crippen molar-refractivity contribution in [2.24, 2.45) is 0 Å². The summed E-state index contributed by atoms with van der Waals surface area (Å²) in [5.41, 5.74) is 5.14. The highest BCUT2D eigenvalue weighted by Crippen LogP contribution is 2.40. The number of aromatic nitrogens is 1. The molecule has 1 amide bonds. The third kappa shape index (κ3) is 4.74. The number of amides is 1. The first kappa shape index (κ1) is 20.6. The topological polar surface area (TPSA) is 54.5 Å². The molecule has 0 saturated carbocycles. The molecule has 0 atom stereocenters. The number of ether oxygens (including phenoxy) is 1. The molecule has 29 heavy (non-hydrogen) atoms. The van der Waals surface area contributed by atoms with Gasteiger partial charge in [0.1, 0.15) is 0 Å². The molecule has 0 unspecified atom stereocenters. The molecule has 1 saturated heterocycles. The minimum Gasteiger partial charge on any atom is -0.379 e. The third-order valence-electron chi connectivity index (χ3n) is 4.38. The Morgan fingerprint density at radius 2 is 1.72 bits per heavy atom. The Bertz CT molecular complexity index is 1030. The van der Waals surface area contributed by atoms with Crippen molar-refractivity contribution in [3.63, 3.8) is 0 Å². The van der Waals surface area contributed by atoms with Gasteiger partial charge in [0.05, 0.1) is 28.8 Å². The van der Waals surface area contributed by atoms with Gasteiger partial charge in [0, 0.05) is 28.7 Å². The van der Waals surface area contributed by atoms with Crippen LogP contribution in [-0.4, -0.2) is 42.2 Å². The molecule has 1 aliphatic rings. The van der Waals surface area contributed by atoms with Crippen molar-refractivity contribution < 1.29 is 9.53 Å². The van der Waals surface area contributed by atoms with E-state index in [1.807, 2.05) is 23.2 Å². The zero-order valence-corrected chi connectivity index (χ0v) is 18.2. The van der Waals surface area contributed by atoms with Gasteiger partial charge in [-0.2, -0.15) is 0 Å². The Morgan fingerprint density at radius 3 is 2.41 bits per heavy atom. The molecule has 4 rings (SSSR count). The summed E-state index contributed by atoms with van der Waals surface area (Å²) in [5.74, 6) is -0.261. The standard InChI is InChI=1S/C20H16Cl3N3O2S/c21-13-3-1-12(2-4-13)18-17(15-6-5-14(22)11-16(15)23)24-20(29-18)19(27)25-26-7-9-28-10-8-26/h1-6,11H,7-10H2,(H,25,27). The van der Waals surface area contributed by atoms with Crippen molar-refractivity contribution >= 4 is 52.0 Å². The average molecular weight is 469 g/mol. The lowest BCUT2D eigenvalue weighted by atomic mass is 10.1. The lowest BCUT2D eigenvalue weighted by molar-refractivity contribution is 0.0126. The van der Waals surface area contributed by atoms with Crippen LogP contribution in [0.2, 0.25) is 15.1 Å². The van der Waals surface area contributed by atoms with Gasteiger partial charge in [0.2, 0.25) is 0 Å². The summed E-state index contributed by atoms with van der Waals surface area (Å²) < 4.78 is 5.32. The van der Waals surface area contributed by atoms with Crippen molar-refractivity contribution in [2.75, 3.05) is 26.3 Å². The summed E-state index contributed by atoms with van der Waals surface area (Å²) in [7, 11) is 0. The molecule has 2 aromatic carbocycles. The van der Waals surface area contributed by atoms with Gasteiger partial charge in [0.15, 0.2) is 5.01 Å². The second-order valence-corrected chi connectivity index (χ2v) is 8.65. The fourth-order valence-electron chi connectivity index (χ4n) is 2.94. The largest absolute Gasteiger partial charge is 0.379 e. The van der Waals surface area contributed by atoms with E-state index in [-0.39, 0.29) is 5.91 Å². The number of benzene rings is 2. The van der Waals surface area contributed by atoms with Gasteiger partial charge in [-0.05, 0) is 35.9 Å². The van der Waals surface area contributed by atoms with E-state index in [1.54, 1.807) is 24.3 Å². The molecule has 0 radical (unpaired) electrons. The first-order valence-electron chi connectivity index (χ1n) is 8.87. The fraction of sp³-hybridized carbons (Fsp3) is 0.200. The van der Waals surface area contributed by atoms with E-state index >= 15 is 0 Å². The van der Waals surface area contributed by atoms with Crippen LogP contribution in [0.1, 0.15) is 9.80 Å². The predicted octanol–water partition coefficient (Wildman–Crippen LogP) is 5.41. The molecular formula is C20H16Cl3N3O2S. The summed E-state index contributed by atoms with van der Waals surface area (Å²) in [4.78, 5) is 18.3. The van der Waals surface area contributed by atoms with E-state index in [2.05, 4.69) is 10.4 Å². The number of halogens is 3. The summed E-state index contributed by atoms with van der Waals surface area (Å²) in [5, 5.41) is 3.83. The number of hydrazine groups is 1. The minimum absolute atomic E-state index is 0.261. The van der Waals surface area contributed by atoms with Crippen LogP contribution >= 0.6 is 46.1 Å². The zero-order chi connectivity index (χ0) is 20.4. The molecule has 9 heteroatoms. The van der Waals surface area contributed by atoms with Gasteiger partial charge in [-0.1, -0.05) is 46.9 Å². The molecule has 150 valence electrons. The van der Waals surface area contributed by atoms with Gasteiger partial charge in [-0.3, -0.25) is 10.2 Å². The lowest BCUT2D eigenvalue weighted by Gasteiger charge is -2.26. The number of nitrogens with zero attached hydrogens (tertiary/aromatic N) is 2. The first-order chi connectivity index (χ1) is 14.0. The maximum atomic E-state index is 12.8. The fourth-order valence-corrected chi connectivity index (χ4v) is 4.54. The predicted molar refractivity (Wildman–Crippen MR) is 118 cm³/mol.